The summed E-state index contributed by atoms with van der Waals surface area (Å²) in [5.41, 5.74) is 8.08. The Morgan fingerprint density at radius 1 is 1.24 bits per heavy atom. The minimum atomic E-state index is -0.397. The van der Waals surface area contributed by atoms with Gasteiger partial charge in [0.2, 0.25) is 0 Å². The van der Waals surface area contributed by atoms with Crippen molar-refractivity contribution in [3.8, 4) is 0 Å². The molecule has 110 valence electrons. The van der Waals surface area contributed by atoms with Crippen molar-refractivity contribution in [3.05, 3.63) is 64.4 Å². The first kappa shape index (κ1) is 15.5. The molecular formula is C17H17ClFNO. The molecule has 2 nitrogen and oxygen atoms in total. The van der Waals surface area contributed by atoms with Crippen molar-refractivity contribution in [2.24, 2.45) is 0 Å². The Labute approximate surface area is 128 Å². The van der Waals surface area contributed by atoms with Crippen molar-refractivity contribution in [2.45, 2.75) is 25.7 Å². The summed E-state index contributed by atoms with van der Waals surface area (Å²) in [5.74, 6) is -0.211. The molecule has 0 aromatic heterocycles. The Bertz CT molecular complexity index is 640. The van der Waals surface area contributed by atoms with Gasteiger partial charge in [-0.3, -0.25) is 4.79 Å². The summed E-state index contributed by atoms with van der Waals surface area (Å²) in [7, 11) is 0. The van der Waals surface area contributed by atoms with Crippen LogP contribution in [0, 0.1) is 5.82 Å². The molecule has 0 aliphatic rings. The SMILES string of the molecule is CC(CC(=O)Cc1ccc(F)cc1Cl)c1ccc(N)cc1. The lowest BCUT2D eigenvalue weighted by atomic mass is 9.93. The molecule has 0 bridgehead atoms. The predicted octanol–water partition coefficient (Wildman–Crippen LogP) is 4.37. The van der Waals surface area contributed by atoms with Crippen LogP contribution in [0.2, 0.25) is 5.02 Å². The minimum absolute atomic E-state index is 0.0767. The van der Waals surface area contributed by atoms with Crippen LogP contribution in [0.5, 0.6) is 0 Å². The molecule has 0 aliphatic heterocycles. The lowest BCUT2D eigenvalue weighted by molar-refractivity contribution is -0.118. The number of nitrogen functional groups attached to an aromatic ring is 1. The molecule has 2 rings (SSSR count). The van der Waals surface area contributed by atoms with Crippen LogP contribution < -0.4 is 5.73 Å². The standard InChI is InChI=1S/C17H17ClFNO/c1-11(12-3-6-15(20)7-4-12)8-16(21)9-13-2-5-14(19)10-17(13)18/h2-7,10-11H,8-9,20H2,1H3. The number of rotatable bonds is 5. The Morgan fingerprint density at radius 2 is 1.90 bits per heavy atom. The van der Waals surface area contributed by atoms with Crippen LogP contribution in [0.25, 0.3) is 0 Å². The number of hydrogen-bond acceptors (Lipinski definition) is 2. The van der Waals surface area contributed by atoms with Gasteiger partial charge in [-0.15, -0.1) is 0 Å². The number of ketones is 1. The monoisotopic (exact) mass is 305 g/mol. The van der Waals surface area contributed by atoms with Crippen LogP contribution in [-0.2, 0) is 11.2 Å². The Morgan fingerprint density at radius 3 is 2.52 bits per heavy atom. The molecule has 0 amide bonds. The van der Waals surface area contributed by atoms with Crippen molar-refractivity contribution in [1.29, 1.82) is 0 Å². The molecular weight excluding hydrogens is 289 g/mol. The first-order valence-electron chi connectivity index (χ1n) is 6.77. The van der Waals surface area contributed by atoms with Crippen LogP contribution >= 0.6 is 11.6 Å². The zero-order chi connectivity index (χ0) is 15.4. The second-order valence-corrected chi connectivity index (χ2v) is 5.63. The molecule has 0 fully saturated rings. The van der Waals surface area contributed by atoms with Crippen molar-refractivity contribution >= 4 is 23.1 Å². The average molecular weight is 306 g/mol. The molecule has 21 heavy (non-hydrogen) atoms. The third kappa shape index (κ3) is 4.30. The van der Waals surface area contributed by atoms with Gasteiger partial charge in [0, 0.05) is 23.6 Å². The number of benzene rings is 2. The second kappa shape index (κ2) is 6.72. The van der Waals surface area contributed by atoms with Crippen molar-refractivity contribution in [1.82, 2.24) is 0 Å². The fraction of sp³-hybridized carbons (Fsp3) is 0.235. The van der Waals surface area contributed by atoms with Crippen LogP contribution in [0.1, 0.15) is 30.4 Å². The van der Waals surface area contributed by atoms with Gasteiger partial charge in [0.15, 0.2) is 0 Å². The van der Waals surface area contributed by atoms with Gasteiger partial charge in [-0.2, -0.15) is 0 Å². The molecule has 0 heterocycles. The van der Waals surface area contributed by atoms with E-state index in [1.807, 2.05) is 31.2 Å². The summed E-state index contributed by atoms with van der Waals surface area (Å²) in [6.45, 7) is 2.00. The summed E-state index contributed by atoms with van der Waals surface area (Å²) in [4.78, 5) is 12.1. The van der Waals surface area contributed by atoms with E-state index in [2.05, 4.69) is 0 Å². The highest BCUT2D eigenvalue weighted by Crippen LogP contribution is 2.23. The third-order valence-corrected chi connectivity index (χ3v) is 3.79. The first-order valence-corrected chi connectivity index (χ1v) is 7.14. The molecule has 0 saturated carbocycles. The maximum atomic E-state index is 13.0. The lowest BCUT2D eigenvalue weighted by Crippen LogP contribution is -2.08. The number of anilines is 1. The summed E-state index contributed by atoms with van der Waals surface area (Å²) >= 11 is 5.94. The second-order valence-electron chi connectivity index (χ2n) is 5.22. The van der Waals surface area contributed by atoms with Crippen molar-refractivity contribution < 1.29 is 9.18 Å². The van der Waals surface area contributed by atoms with E-state index < -0.39 is 5.82 Å². The van der Waals surface area contributed by atoms with E-state index >= 15 is 0 Å². The largest absolute Gasteiger partial charge is 0.399 e. The van der Waals surface area contributed by atoms with E-state index in [9.17, 15) is 9.18 Å². The molecule has 4 heteroatoms. The van der Waals surface area contributed by atoms with Crippen LogP contribution in [-0.4, -0.2) is 5.78 Å². The van der Waals surface area contributed by atoms with Crippen molar-refractivity contribution in [3.63, 3.8) is 0 Å². The van der Waals surface area contributed by atoms with Crippen LogP contribution in [0.4, 0.5) is 10.1 Å². The Balaban J connectivity index is 1.99. The van der Waals surface area contributed by atoms with E-state index in [1.165, 1.54) is 12.1 Å². The Kier molecular flexibility index (Phi) is 4.97. The van der Waals surface area contributed by atoms with Gasteiger partial charge in [-0.25, -0.2) is 4.39 Å². The van der Waals surface area contributed by atoms with E-state index in [1.54, 1.807) is 6.07 Å². The highest BCUT2D eigenvalue weighted by Gasteiger charge is 2.13. The fourth-order valence-corrected chi connectivity index (χ4v) is 2.47. The molecule has 0 spiro atoms. The normalized spacial score (nSPS) is 12.1. The van der Waals surface area contributed by atoms with Crippen molar-refractivity contribution in [2.75, 3.05) is 5.73 Å². The highest BCUT2D eigenvalue weighted by molar-refractivity contribution is 6.31. The molecule has 1 atom stereocenters. The fourth-order valence-electron chi connectivity index (χ4n) is 2.23. The smallest absolute Gasteiger partial charge is 0.137 e. The molecule has 0 saturated heterocycles. The molecule has 0 aliphatic carbocycles. The van der Waals surface area contributed by atoms with Crippen LogP contribution in [0.15, 0.2) is 42.5 Å². The maximum absolute atomic E-state index is 13.0. The summed E-state index contributed by atoms with van der Waals surface area (Å²) < 4.78 is 13.0. The topological polar surface area (TPSA) is 43.1 Å². The predicted molar refractivity (Wildman–Crippen MR) is 84.0 cm³/mol. The number of Topliss-reactive ketones (excluding diaryl/α,β-unsaturated/α-hetero) is 1. The van der Waals surface area contributed by atoms with E-state index in [-0.39, 0.29) is 18.1 Å². The van der Waals surface area contributed by atoms with Gasteiger partial charge < -0.3 is 5.73 Å². The van der Waals surface area contributed by atoms with E-state index in [4.69, 9.17) is 17.3 Å². The highest BCUT2D eigenvalue weighted by atomic mass is 35.5. The molecule has 1 unspecified atom stereocenters. The molecule has 2 aromatic rings. The number of carbonyl (C=O) groups excluding carboxylic acids is 1. The number of halogens is 2. The molecule has 2 aromatic carbocycles. The van der Waals surface area contributed by atoms with Gasteiger partial charge in [0.1, 0.15) is 11.6 Å². The number of hydrogen-bond donors (Lipinski definition) is 1. The summed E-state index contributed by atoms with van der Waals surface area (Å²) in [6, 6.07) is 11.6. The summed E-state index contributed by atoms with van der Waals surface area (Å²) in [5, 5.41) is 0.295. The maximum Gasteiger partial charge on any atom is 0.137 e. The van der Waals surface area contributed by atoms with E-state index in [0.717, 1.165) is 5.56 Å². The van der Waals surface area contributed by atoms with Gasteiger partial charge in [0.05, 0.1) is 0 Å². The van der Waals surface area contributed by atoms with E-state index in [0.29, 0.717) is 22.7 Å². The minimum Gasteiger partial charge on any atom is -0.399 e. The zero-order valence-corrected chi connectivity index (χ0v) is 12.5. The molecule has 2 N–H and O–H groups in total. The molecule has 0 radical (unpaired) electrons. The number of carbonyl (C=O) groups is 1. The van der Waals surface area contributed by atoms with Gasteiger partial charge in [0.25, 0.3) is 0 Å². The zero-order valence-electron chi connectivity index (χ0n) is 11.8. The van der Waals surface area contributed by atoms with Gasteiger partial charge in [-0.1, -0.05) is 36.7 Å². The number of nitrogens with two attached hydrogens (primary N) is 1. The summed E-state index contributed by atoms with van der Waals surface area (Å²) in [6.07, 6.45) is 0.635. The Hall–Kier alpha value is -1.87. The lowest BCUT2D eigenvalue weighted by Gasteiger charge is -2.12. The van der Waals surface area contributed by atoms with Gasteiger partial charge >= 0.3 is 0 Å². The van der Waals surface area contributed by atoms with Crippen LogP contribution in [0.3, 0.4) is 0 Å². The average Bonchev–Trinajstić information content (AvgIpc) is 2.42. The van der Waals surface area contributed by atoms with Gasteiger partial charge in [-0.05, 0) is 41.3 Å². The quantitative estimate of drug-likeness (QED) is 0.834. The first-order chi connectivity index (χ1) is 9.95. The third-order valence-electron chi connectivity index (χ3n) is 3.44.